The van der Waals surface area contributed by atoms with Crippen LogP contribution in [0.5, 0.6) is 0 Å². The third kappa shape index (κ3) is 3.27. The molecule has 1 aliphatic heterocycles. The van der Waals surface area contributed by atoms with E-state index >= 15 is 0 Å². The molecule has 1 atom stereocenters. The van der Waals surface area contributed by atoms with Crippen molar-refractivity contribution < 1.29 is 4.79 Å². The SMILES string of the molecule is Bc1ccc2c(c1)C(=O)N(c1ccccc1)C(c1cccc(-c3ccccc3)c1)N2. The maximum absolute atomic E-state index is 13.6. The van der Waals surface area contributed by atoms with Gasteiger partial charge in [-0.1, -0.05) is 84.3 Å². The predicted molar refractivity (Wildman–Crippen MR) is 126 cm³/mol. The first-order chi connectivity index (χ1) is 14.7. The van der Waals surface area contributed by atoms with Crippen LogP contribution in [0.1, 0.15) is 22.1 Å². The minimum atomic E-state index is -0.293. The van der Waals surface area contributed by atoms with Gasteiger partial charge in [-0.25, -0.2) is 0 Å². The number of anilines is 2. The van der Waals surface area contributed by atoms with E-state index in [4.69, 9.17) is 0 Å². The van der Waals surface area contributed by atoms with Crippen molar-refractivity contribution in [2.24, 2.45) is 0 Å². The Kier molecular flexibility index (Phi) is 4.60. The van der Waals surface area contributed by atoms with Gasteiger partial charge in [0.2, 0.25) is 0 Å². The summed E-state index contributed by atoms with van der Waals surface area (Å²) in [6.45, 7) is 0. The van der Waals surface area contributed by atoms with Gasteiger partial charge in [-0.15, -0.1) is 0 Å². The van der Waals surface area contributed by atoms with Crippen LogP contribution in [-0.2, 0) is 0 Å². The van der Waals surface area contributed by atoms with Crippen LogP contribution in [0.25, 0.3) is 11.1 Å². The fraction of sp³-hybridized carbons (Fsp3) is 0.0385. The number of carbonyl (C=O) groups is 1. The van der Waals surface area contributed by atoms with Crippen molar-refractivity contribution in [3.63, 3.8) is 0 Å². The summed E-state index contributed by atoms with van der Waals surface area (Å²) in [4.78, 5) is 15.4. The fourth-order valence-electron chi connectivity index (χ4n) is 4.03. The zero-order valence-corrected chi connectivity index (χ0v) is 16.7. The summed E-state index contributed by atoms with van der Waals surface area (Å²) in [6, 6.07) is 34.5. The Hall–Kier alpha value is -3.79. The number of amides is 1. The number of nitrogens with zero attached hydrogens (tertiary/aromatic N) is 1. The number of carbonyl (C=O) groups excluding carboxylic acids is 1. The fourth-order valence-corrected chi connectivity index (χ4v) is 4.03. The standard InChI is InChI=1S/C26H21BN2O/c27-21-14-15-24-23(17-21)26(30)29(22-12-5-2-6-13-22)25(28-24)20-11-7-10-19(16-20)18-8-3-1-4-9-18/h1-17,25,28H,27H2. The molecule has 0 aromatic heterocycles. The summed E-state index contributed by atoms with van der Waals surface area (Å²) in [5, 5.41) is 3.60. The zero-order valence-electron chi connectivity index (χ0n) is 16.7. The molecule has 1 N–H and O–H groups in total. The molecule has 0 fully saturated rings. The van der Waals surface area contributed by atoms with E-state index in [1.54, 1.807) is 0 Å². The normalized spacial score (nSPS) is 15.4. The largest absolute Gasteiger partial charge is 0.360 e. The summed E-state index contributed by atoms with van der Waals surface area (Å²) < 4.78 is 0. The number of rotatable bonds is 3. The van der Waals surface area contributed by atoms with E-state index < -0.39 is 0 Å². The van der Waals surface area contributed by atoms with E-state index in [2.05, 4.69) is 41.7 Å². The molecule has 1 heterocycles. The molecule has 3 nitrogen and oxygen atoms in total. The van der Waals surface area contributed by atoms with Gasteiger partial charge in [0, 0.05) is 11.4 Å². The summed E-state index contributed by atoms with van der Waals surface area (Å²) in [7, 11) is 2.01. The number of fused-ring (bicyclic) bond motifs is 1. The molecule has 0 spiro atoms. The Morgan fingerprint density at radius 3 is 2.20 bits per heavy atom. The molecule has 1 unspecified atom stereocenters. The van der Waals surface area contributed by atoms with Crippen molar-refractivity contribution in [1.29, 1.82) is 0 Å². The van der Waals surface area contributed by atoms with Crippen molar-refractivity contribution in [2.45, 2.75) is 6.17 Å². The first kappa shape index (κ1) is 18.3. The average molecular weight is 388 g/mol. The van der Waals surface area contributed by atoms with Crippen molar-refractivity contribution in [1.82, 2.24) is 0 Å². The predicted octanol–water partition coefficient (Wildman–Crippen LogP) is 4.38. The second-order valence-corrected chi connectivity index (χ2v) is 7.60. The highest BCUT2D eigenvalue weighted by molar-refractivity contribution is 6.33. The first-order valence-electron chi connectivity index (χ1n) is 10.1. The lowest BCUT2D eigenvalue weighted by Crippen LogP contribution is -2.43. The smallest absolute Gasteiger partial charge is 0.262 e. The molecule has 0 aliphatic carbocycles. The van der Waals surface area contributed by atoms with Crippen LogP contribution in [0.2, 0.25) is 0 Å². The highest BCUT2D eigenvalue weighted by atomic mass is 16.2. The van der Waals surface area contributed by atoms with Crippen molar-refractivity contribution >= 4 is 30.6 Å². The van der Waals surface area contributed by atoms with Crippen LogP contribution in [0.3, 0.4) is 0 Å². The van der Waals surface area contributed by atoms with Crippen LogP contribution in [0.4, 0.5) is 11.4 Å². The molecular weight excluding hydrogens is 367 g/mol. The molecule has 1 aliphatic rings. The van der Waals surface area contributed by atoms with Gasteiger partial charge in [0.05, 0.1) is 5.56 Å². The molecule has 30 heavy (non-hydrogen) atoms. The molecule has 0 bridgehead atoms. The van der Waals surface area contributed by atoms with Crippen LogP contribution in [0, 0.1) is 0 Å². The van der Waals surface area contributed by atoms with E-state index in [-0.39, 0.29) is 12.1 Å². The average Bonchev–Trinajstić information content (AvgIpc) is 2.80. The Morgan fingerprint density at radius 1 is 0.733 bits per heavy atom. The minimum Gasteiger partial charge on any atom is -0.360 e. The number of hydrogen-bond donors (Lipinski definition) is 1. The van der Waals surface area contributed by atoms with Crippen LogP contribution >= 0.6 is 0 Å². The Morgan fingerprint density at radius 2 is 1.43 bits per heavy atom. The Labute approximate surface area is 177 Å². The summed E-state index contributed by atoms with van der Waals surface area (Å²) in [5.74, 6) is 0.00811. The minimum absolute atomic E-state index is 0.00811. The molecule has 144 valence electrons. The molecule has 4 heteroatoms. The van der Waals surface area contributed by atoms with E-state index in [1.807, 2.05) is 79.5 Å². The molecule has 0 saturated heterocycles. The maximum atomic E-state index is 13.6. The molecule has 0 saturated carbocycles. The van der Waals surface area contributed by atoms with Crippen LogP contribution in [0.15, 0.2) is 103 Å². The molecule has 4 aromatic carbocycles. The molecule has 4 aromatic rings. The van der Waals surface area contributed by atoms with Gasteiger partial charge >= 0.3 is 0 Å². The summed E-state index contributed by atoms with van der Waals surface area (Å²) >= 11 is 0. The topological polar surface area (TPSA) is 32.3 Å². The lowest BCUT2D eigenvalue weighted by molar-refractivity contribution is 0.0975. The monoisotopic (exact) mass is 388 g/mol. The molecule has 0 radical (unpaired) electrons. The van der Waals surface area contributed by atoms with Gasteiger partial charge in [-0.05, 0) is 41.0 Å². The summed E-state index contributed by atoms with van der Waals surface area (Å²) in [5.41, 5.74) is 6.84. The van der Waals surface area contributed by atoms with Gasteiger partial charge in [-0.2, -0.15) is 0 Å². The van der Waals surface area contributed by atoms with E-state index in [0.29, 0.717) is 5.56 Å². The van der Waals surface area contributed by atoms with E-state index in [1.165, 1.54) is 0 Å². The Balaban J connectivity index is 1.64. The molecular formula is C26H21BN2O. The Bertz CT molecular complexity index is 1210. The van der Waals surface area contributed by atoms with E-state index in [9.17, 15) is 4.79 Å². The summed E-state index contributed by atoms with van der Waals surface area (Å²) in [6.07, 6.45) is -0.293. The third-order valence-corrected chi connectivity index (χ3v) is 5.52. The lowest BCUT2D eigenvalue weighted by atomic mass is 9.91. The van der Waals surface area contributed by atoms with Crippen molar-refractivity contribution in [3.05, 3.63) is 114 Å². The van der Waals surface area contributed by atoms with Crippen molar-refractivity contribution in [2.75, 3.05) is 10.2 Å². The number of benzene rings is 4. The second kappa shape index (κ2) is 7.56. The van der Waals surface area contributed by atoms with Crippen LogP contribution < -0.4 is 15.7 Å². The van der Waals surface area contributed by atoms with Gasteiger partial charge in [0.25, 0.3) is 5.91 Å². The molecule has 5 rings (SSSR count). The number of para-hydroxylation sites is 1. The highest BCUT2D eigenvalue weighted by Crippen LogP contribution is 2.37. The van der Waals surface area contributed by atoms with Gasteiger partial charge in [-0.3, -0.25) is 9.69 Å². The second-order valence-electron chi connectivity index (χ2n) is 7.60. The van der Waals surface area contributed by atoms with Gasteiger partial charge < -0.3 is 5.32 Å². The quantitative estimate of drug-likeness (QED) is 0.529. The van der Waals surface area contributed by atoms with E-state index in [0.717, 1.165) is 33.5 Å². The first-order valence-corrected chi connectivity index (χ1v) is 10.1. The lowest BCUT2D eigenvalue weighted by Gasteiger charge is -2.38. The maximum Gasteiger partial charge on any atom is 0.262 e. The van der Waals surface area contributed by atoms with Crippen LogP contribution in [-0.4, -0.2) is 13.8 Å². The van der Waals surface area contributed by atoms with Gasteiger partial charge in [0.15, 0.2) is 0 Å². The zero-order chi connectivity index (χ0) is 20.5. The highest BCUT2D eigenvalue weighted by Gasteiger charge is 2.34. The van der Waals surface area contributed by atoms with Gasteiger partial charge in [0.1, 0.15) is 14.0 Å². The van der Waals surface area contributed by atoms with Crippen molar-refractivity contribution in [3.8, 4) is 11.1 Å². The third-order valence-electron chi connectivity index (χ3n) is 5.52. The molecule has 1 amide bonds. The number of nitrogens with one attached hydrogen (secondary N) is 1. The number of hydrogen-bond acceptors (Lipinski definition) is 2.